The lowest BCUT2D eigenvalue weighted by Gasteiger charge is -2.15. The minimum atomic E-state index is -0.674. The van der Waals surface area contributed by atoms with Crippen LogP contribution < -0.4 is 19.8 Å². The molecule has 1 heterocycles. The van der Waals surface area contributed by atoms with Crippen LogP contribution in [0.2, 0.25) is 0 Å². The molecule has 8 nitrogen and oxygen atoms in total. The first kappa shape index (κ1) is 19.4. The molecule has 1 aromatic carbocycles. The molecule has 142 valence electrons. The maximum absolute atomic E-state index is 12.4. The molecule has 0 aliphatic heterocycles. The number of hydrogen-bond donors (Lipinski definition) is 2. The van der Waals surface area contributed by atoms with Gasteiger partial charge in [0.05, 0.1) is 21.3 Å². The number of rotatable bonds is 7. The Morgan fingerprint density at radius 1 is 1.12 bits per heavy atom. The van der Waals surface area contributed by atoms with Crippen molar-refractivity contribution < 1.29 is 24.5 Å². The lowest BCUT2D eigenvalue weighted by atomic mass is 10.1. The van der Waals surface area contributed by atoms with Gasteiger partial charge in [-0.3, -0.25) is 4.79 Å². The number of nitrogens with zero attached hydrogens (tertiary/aromatic N) is 2. The van der Waals surface area contributed by atoms with Crippen molar-refractivity contribution in [1.82, 2.24) is 9.71 Å². The molecule has 0 unspecified atom stereocenters. The zero-order valence-corrected chi connectivity index (χ0v) is 15.6. The van der Waals surface area contributed by atoms with Crippen LogP contribution in [0.1, 0.15) is 30.8 Å². The highest BCUT2D eigenvalue weighted by Crippen LogP contribution is 2.38. The zero-order chi connectivity index (χ0) is 19.4. The number of aromatic nitrogens is 2. The first-order valence-electron chi connectivity index (χ1n) is 8.14. The van der Waals surface area contributed by atoms with Gasteiger partial charge in [-0.2, -0.15) is 0 Å². The van der Waals surface area contributed by atoms with Crippen LogP contribution in [0.15, 0.2) is 16.9 Å². The van der Waals surface area contributed by atoms with E-state index in [2.05, 4.69) is 4.98 Å². The summed E-state index contributed by atoms with van der Waals surface area (Å²) in [6.45, 7) is 3.82. The predicted octanol–water partition coefficient (Wildman–Crippen LogP) is 2.00. The second kappa shape index (κ2) is 7.99. The van der Waals surface area contributed by atoms with Crippen molar-refractivity contribution in [3.63, 3.8) is 0 Å². The number of hydrogen-bond acceptors (Lipinski definition) is 7. The Labute approximate surface area is 151 Å². The molecule has 0 bridgehead atoms. The molecular weight excluding hydrogens is 340 g/mol. The van der Waals surface area contributed by atoms with Gasteiger partial charge in [0, 0.05) is 6.42 Å². The van der Waals surface area contributed by atoms with E-state index in [4.69, 9.17) is 14.2 Å². The van der Waals surface area contributed by atoms with Crippen LogP contribution in [0.25, 0.3) is 0 Å². The Balaban J connectivity index is 2.48. The second-order valence-electron chi connectivity index (χ2n) is 6.25. The molecule has 0 aliphatic carbocycles. The zero-order valence-electron chi connectivity index (χ0n) is 15.6. The summed E-state index contributed by atoms with van der Waals surface area (Å²) in [5.74, 6) is 1.09. The van der Waals surface area contributed by atoms with Gasteiger partial charge in [0.2, 0.25) is 11.6 Å². The molecule has 8 heteroatoms. The fourth-order valence-electron chi connectivity index (χ4n) is 2.69. The van der Waals surface area contributed by atoms with Crippen molar-refractivity contribution in [3.05, 3.63) is 39.4 Å². The Kier molecular flexibility index (Phi) is 5.97. The number of methoxy groups -OCH3 is 3. The van der Waals surface area contributed by atoms with Gasteiger partial charge in [-0.05, 0) is 30.0 Å². The van der Waals surface area contributed by atoms with Crippen LogP contribution >= 0.6 is 0 Å². The topological polar surface area (TPSA) is 103 Å². The smallest absolute Gasteiger partial charge is 0.305 e. The second-order valence-corrected chi connectivity index (χ2v) is 6.25. The van der Waals surface area contributed by atoms with Crippen molar-refractivity contribution in [2.45, 2.75) is 26.7 Å². The van der Waals surface area contributed by atoms with E-state index in [1.54, 1.807) is 12.1 Å². The van der Waals surface area contributed by atoms with Gasteiger partial charge in [0.25, 0.3) is 0 Å². The quantitative estimate of drug-likeness (QED) is 0.724. The van der Waals surface area contributed by atoms with E-state index in [0.717, 1.165) is 0 Å². The van der Waals surface area contributed by atoms with Crippen molar-refractivity contribution in [2.24, 2.45) is 5.92 Å². The third-order valence-corrected chi connectivity index (χ3v) is 3.89. The summed E-state index contributed by atoms with van der Waals surface area (Å²) in [4.78, 5) is 16.4. The molecule has 0 saturated heterocycles. The summed E-state index contributed by atoms with van der Waals surface area (Å²) in [5.41, 5.74) is 0.0812. The standard InChI is InChI=1S/C18H24N2O6/c1-10(2)6-13-17(21)19-12(18(22)20(13)23)7-11-8-14(24-3)16(26-5)15(9-11)25-4/h8-10,21,23H,6-7H2,1-5H3. The van der Waals surface area contributed by atoms with Crippen LogP contribution in [-0.4, -0.2) is 41.4 Å². The fraction of sp³-hybridized carbons (Fsp3) is 0.444. The van der Waals surface area contributed by atoms with E-state index >= 15 is 0 Å². The third-order valence-electron chi connectivity index (χ3n) is 3.89. The molecule has 0 aliphatic rings. The van der Waals surface area contributed by atoms with E-state index in [1.807, 2.05) is 13.8 Å². The SMILES string of the molecule is COc1cc(Cc2nc(O)c(CC(C)C)n(O)c2=O)cc(OC)c1OC. The summed E-state index contributed by atoms with van der Waals surface area (Å²) in [5, 5.41) is 20.2. The Bertz CT molecular complexity index is 819. The van der Waals surface area contributed by atoms with E-state index in [-0.39, 0.29) is 29.6 Å². The van der Waals surface area contributed by atoms with E-state index in [9.17, 15) is 15.1 Å². The Hall–Kier alpha value is -2.90. The molecule has 2 aromatic rings. The summed E-state index contributed by atoms with van der Waals surface area (Å²) < 4.78 is 16.3. The van der Waals surface area contributed by atoms with Crippen molar-refractivity contribution in [3.8, 4) is 23.1 Å². The van der Waals surface area contributed by atoms with E-state index in [0.29, 0.717) is 34.0 Å². The first-order valence-corrected chi connectivity index (χ1v) is 8.14. The Morgan fingerprint density at radius 2 is 1.69 bits per heavy atom. The maximum atomic E-state index is 12.4. The molecule has 2 rings (SSSR count). The normalized spacial score (nSPS) is 10.8. The third kappa shape index (κ3) is 3.84. The summed E-state index contributed by atoms with van der Waals surface area (Å²) >= 11 is 0. The monoisotopic (exact) mass is 364 g/mol. The molecule has 0 amide bonds. The minimum Gasteiger partial charge on any atom is -0.493 e. The molecule has 2 N–H and O–H groups in total. The van der Waals surface area contributed by atoms with Gasteiger partial charge in [-0.1, -0.05) is 13.8 Å². The molecule has 0 fully saturated rings. The molecule has 0 spiro atoms. The molecular formula is C18H24N2O6. The molecule has 26 heavy (non-hydrogen) atoms. The van der Waals surface area contributed by atoms with Crippen LogP contribution in [-0.2, 0) is 12.8 Å². The van der Waals surface area contributed by atoms with Gasteiger partial charge in [-0.15, -0.1) is 4.73 Å². The molecule has 0 atom stereocenters. The van der Waals surface area contributed by atoms with Crippen molar-refractivity contribution in [2.75, 3.05) is 21.3 Å². The van der Waals surface area contributed by atoms with Gasteiger partial charge < -0.3 is 24.5 Å². The molecule has 0 saturated carbocycles. The maximum Gasteiger partial charge on any atom is 0.305 e. The van der Waals surface area contributed by atoms with Crippen LogP contribution in [0.5, 0.6) is 23.1 Å². The van der Waals surface area contributed by atoms with E-state index < -0.39 is 5.56 Å². The van der Waals surface area contributed by atoms with Crippen LogP contribution in [0.4, 0.5) is 0 Å². The fourth-order valence-corrected chi connectivity index (χ4v) is 2.69. The minimum absolute atomic E-state index is 0.00628. The lowest BCUT2D eigenvalue weighted by molar-refractivity contribution is 0.155. The van der Waals surface area contributed by atoms with Gasteiger partial charge in [0.15, 0.2) is 11.5 Å². The molecule has 1 aromatic heterocycles. The highest BCUT2D eigenvalue weighted by Gasteiger charge is 2.19. The van der Waals surface area contributed by atoms with Gasteiger partial charge in [0.1, 0.15) is 11.4 Å². The first-order chi connectivity index (χ1) is 12.3. The average Bonchev–Trinajstić information content (AvgIpc) is 2.61. The summed E-state index contributed by atoms with van der Waals surface area (Å²) in [7, 11) is 4.48. The highest BCUT2D eigenvalue weighted by atomic mass is 16.5. The van der Waals surface area contributed by atoms with Crippen molar-refractivity contribution >= 4 is 0 Å². The van der Waals surface area contributed by atoms with Crippen LogP contribution in [0.3, 0.4) is 0 Å². The average molecular weight is 364 g/mol. The van der Waals surface area contributed by atoms with E-state index in [1.165, 1.54) is 21.3 Å². The van der Waals surface area contributed by atoms with Gasteiger partial charge >= 0.3 is 5.56 Å². The Morgan fingerprint density at radius 3 is 2.15 bits per heavy atom. The summed E-state index contributed by atoms with van der Waals surface area (Å²) in [6, 6.07) is 3.37. The predicted molar refractivity (Wildman–Crippen MR) is 94.8 cm³/mol. The lowest BCUT2D eigenvalue weighted by Crippen LogP contribution is -2.27. The molecule has 0 radical (unpaired) electrons. The van der Waals surface area contributed by atoms with Crippen molar-refractivity contribution in [1.29, 1.82) is 0 Å². The highest BCUT2D eigenvalue weighted by molar-refractivity contribution is 5.54. The largest absolute Gasteiger partial charge is 0.493 e. The number of ether oxygens (including phenoxy) is 3. The summed E-state index contributed by atoms with van der Waals surface area (Å²) in [6.07, 6.45) is 0.403. The van der Waals surface area contributed by atoms with Gasteiger partial charge in [-0.25, -0.2) is 4.98 Å². The van der Waals surface area contributed by atoms with Crippen LogP contribution in [0, 0.1) is 5.92 Å². The number of benzene rings is 1. The number of aromatic hydroxyl groups is 1.